The maximum absolute atomic E-state index is 12.1. The standard InChI is InChI=1S/C15H17BrN4O3/c1-10(14(21)22)8-19(2)15(23)18-11-7-17-20(9-11)13-6-4-3-5-12(13)16/h3-7,9-10H,8H2,1-2H3,(H,18,23)(H,21,22). The number of anilines is 1. The Kier molecular flexibility index (Phi) is 5.38. The molecule has 2 aromatic rings. The molecule has 2 amide bonds. The van der Waals surface area contributed by atoms with Gasteiger partial charge in [0.05, 0.1) is 29.7 Å². The first-order valence-corrected chi connectivity index (χ1v) is 7.72. The average Bonchev–Trinajstić information content (AvgIpc) is 2.95. The fraction of sp³-hybridized carbons (Fsp3) is 0.267. The number of rotatable bonds is 5. The van der Waals surface area contributed by atoms with Crippen molar-refractivity contribution in [2.75, 3.05) is 18.9 Å². The summed E-state index contributed by atoms with van der Waals surface area (Å²) in [7, 11) is 1.55. The quantitative estimate of drug-likeness (QED) is 0.834. The highest BCUT2D eigenvalue weighted by atomic mass is 79.9. The van der Waals surface area contributed by atoms with Gasteiger partial charge in [0.2, 0.25) is 0 Å². The van der Waals surface area contributed by atoms with Crippen LogP contribution >= 0.6 is 15.9 Å². The number of aromatic nitrogens is 2. The Balaban J connectivity index is 2.03. The van der Waals surface area contributed by atoms with Crippen LogP contribution in [-0.4, -0.2) is 45.4 Å². The molecule has 0 aliphatic rings. The number of carbonyl (C=O) groups is 2. The predicted octanol–water partition coefficient (Wildman–Crippen LogP) is 2.82. The number of aliphatic carboxylic acids is 1. The van der Waals surface area contributed by atoms with Crippen molar-refractivity contribution < 1.29 is 14.7 Å². The highest BCUT2D eigenvalue weighted by Crippen LogP contribution is 2.21. The molecule has 1 heterocycles. The summed E-state index contributed by atoms with van der Waals surface area (Å²) < 4.78 is 2.52. The van der Waals surface area contributed by atoms with Crippen LogP contribution in [0, 0.1) is 5.92 Å². The molecule has 2 N–H and O–H groups in total. The normalized spacial score (nSPS) is 11.8. The van der Waals surface area contributed by atoms with Crippen LogP contribution in [0.25, 0.3) is 5.69 Å². The van der Waals surface area contributed by atoms with Gasteiger partial charge in [-0.3, -0.25) is 4.79 Å². The zero-order valence-corrected chi connectivity index (χ0v) is 14.3. The van der Waals surface area contributed by atoms with Gasteiger partial charge in [-0.15, -0.1) is 0 Å². The summed E-state index contributed by atoms with van der Waals surface area (Å²) in [4.78, 5) is 24.2. The summed E-state index contributed by atoms with van der Waals surface area (Å²) in [5, 5.41) is 15.8. The summed E-state index contributed by atoms with van der Waals surface area (Å²) >= 11 is 3.44. The number of nitrogens with one attached hydrogen (secondary N) is 1. The van der Waals surface area contributed by atoms with Crippen LogP contribution in [0.4, 0.5) is 10.5 Å². The molecule has 8 heteroatoms. The first kappa shape index (κ1) is 17.0. The molecule has 1 atom stereocenters. The second-order valence-corrected chi connectivity index (χ2v) is 6.03. The van der Waals surface area contributed by atoms with Crippen molar-refractivity contribution in [2.45, 2.75) is 6.92 Å². The third kappa shape index (κ3) is 4.32. The van der Waals surface area contributed by atoms with Gasteiger partial charge in [0.15, 0.2) is 0 Å². The molecule has 1 unspecified atom stereocenters. The number of amides is 2. The van der Waals surface area contributed by atoms with E-state index in [1.54, 1.807) is 24.9 Å². The molecular formula is C15H17BrN4O3. The number of hydrogen-bond donors (Lipinski definition) is 2. The Morgan fingerprint density at radius 1 is 1.43 bits per heavy atom. The topological polar surface area (TPSA) is 87.5 Å². The summed E-state index contributed by atoms with van der Waals surface area (Å²) in [5.41, 5.74) is 1.38. The molecule has 0 aliphatic heterocycles. The van der Waals surface area contributed by atoms with Crippen LogP contribution < -0.4 is 5.32 Å². The fourth-order valence-corrected chi connectivity index (χ4v) is 2.41. The minimum Gasteiger partial charge on any atom is -0.481 e. The molecule has 0 aliphatic carbocycles. The smallest absolute Gasteiger partial charge is 0.321 e. The fourth-order valence-electron chi connectivity index (χ4n) is 1.95. The van der Waals surface area contributed by atoms with Crippen molar-refractivity contribution in [2.24, 2.45) is 5.92 Å². The summed E-state index contributed by atoms with van der Waals surface area (Å²) in [5.74, 6) is -1.57. The molecule has 1 aromatic heterocycles. The Morgan fingerprint density at radius 3 is 2.78 bits per heavy atom. The van der Waals surface area contributed by atoms with Crippen molar-refractivity contribution in [3.8, 4) is 5.69 Å². The lowest BCUT2D eigenvalue weighted by Gasteiger charge is -2.19. The van der Waals surface area contributed by atoms with E-state index in [-0.39, 0.29) is 12.6 Å². The monoisotopic (exact) mass is 380 g/mol. The highest BCUT2D eigenvalue weighted by Gasteiger charge is 2.17. The van der Waals surface area contributed by atoms with Crippen LogP contribution in [0.5, 0.6) is 0 Å². The molecule has 7 nitrogen and oxygen atoms in total. The second-order valence-electron chi connectivity index (χ2n) is 5.17. The van der Waals surface area contributed by atoms with Crippen molar-refractivity contribution in [1.82, 2.24) is 14.7 Å². The van der Waals surface area contributed by atoms with Gasteiger partial charge in [0, 0.05) is 18.1 Å². The Bertz CT molecular complexity index is 716. The van der Waals surface area contributed by atoms with Gasteiger partial charge in [-0.1, -0.05) is 19.1 Å². The largest absolute Gasteiger partial charge is 0.481 e. The van der Waals surface area contributed by atoms with Crippen LogP contribution in [-0.2, 0) is 4.79 Å². The van der Waals surface area contributed by atoms with Gasteiger partial charge in [-0.05, 0) is 28.1 Å². The maximum Gasteiger partial charge on any atom is 0.321 e. The number of halogens is 1. The van der Waals surface area contributed by atoms with E-state index < -0.39 is 11.9 Å². The molecule has 0 radical (unpaired) electrons. The summed E-state index contributed by atoms with van der Waals surface area (Å²) in [6.07, 6.45) is 3.22. The first-order valence-electron chi connectivity index (χ1n) is 6.93. The van der Waals surface area contributed by atoms with Gasteiger partial charge < -0.3 is 15.3 Å². The molecule has 0 saturated heterocycles. The van der Waals surface area contributed by atoms with E-state index in [4.69, 9.17) is 5.11 Å². The SMILES string of the molecule is CC(CN(C)C(=O)Nc1cnn(-c2ccccc2Br)c1)C(=O)O. The van der Waals surface area contributed by atoms with E-state index in [1.807, 2.05) is 24.3 Å². The van der Waals surface area contributed by atoms with Gasteiger partial charge in [0.1, 0.15) is 0 Å². The molecule has 122 valence electrons. The molecule has 2 rings (SSSR count). The van der Waals surface area contributed by atoms with Crippen LogP contribution in [0.2, 0.25) is 0 Å². The van der Waals surface area contributed by atoms with E-state index >= 15 is 0 Å². The lowest BCUT2D eigenvalue weighted by molar-refractivity contribution is -0.141. The van der Waals surface area contributed by atoms with E-state index in [9.17, 15) is 9.59 Å². The molecule has 0 bridgehead atoms. The number of para-hydroxylation sites is 1. The minimum atomic E-state index is -0.939. The number of hydrogen-bond acceptors (Lipinski definition) is 3. The predicted molar refractivity (Wildman–Crippen MR) is 89.7 cm³/mol. The van der Waals surface area contributed by atoms with E-state index in [2.05, 4.69) is 26.3 Å². The van der Waals surface area contributed by atoms with Crippen molar-refractivity contribution in [3.63, 3.8) is 0 Å². The van der Waals surface area contributed by atoms with Gasteiger partial charge in [-0.25, -0.2) is 9.48 Å². The Labute approximate surface area is 142 Å². The number of carboxylic acid groups (broad SMARTS) is 1. The third-order valence-electron chi connectivity index (χ3n) is 3.25. The molecule has 0 fully saturated rings. The van der Waals surface area contributed by atoms with E-state index in [0.29, 0.717) is 5.69 Å². The Morgan fingerprint density at radius 2 is 2.13 bits per heavy atom. The highest BCUT2D eigenvalue weighted by molar-refractivity contribution is 9.10. The average molecular weight is 381 g/mol. The van der Waals surface area contributed by atoms with E-state index in [0.717, 1.165) is 10.2 Å². The van der Waals surface area contributed by atoms with E-state index in [1.165, 1.54) is 11.1 Å². The first-order chi connectivity index (χ1) is 10.9. The van der Waals surface area contributed by atoms with Crippen molar-refractivity contribution in [3.05, 3.63) is 41.1 Å². The van der Waals surface area contributed by atoms with Gasteiger partial charge in [-0.2, -0.15) is 5.10 Å². The summed E-state index contributed by atoms with van der Waals surface area (Å²) in [6, 6.07) is 7.20. The van der Waals surface area contributed by atoms with Crippen molar-refractivity contribution in [1.29, 1.82) is 0 Å². The van der Waals surface area contributed by atoms with Gasteiger partial charge in [0.25, 0.3) is 0 Å². The minimum absolute atomic E-state index is 0.125. The van der Waals surface area contributed by atoms with Crippen LogP contribution in [0.1, 0.15) is 6.92 Å². The number of nitrogens with zero attached hydrogens (tertiary/aromatic N) is 3. The summed E-state index contributed by atoms with van der Waals surface area (Å²) in [6.45, 7) is 1.68. The second kappa shape index (κ2) is 7.28. The molecular weight excluding hydrogens is 364 g/mol. The third-order valence-corrected chi connectivity index (χ3v) is 3.92. The zero-order valence-electron chi connectivity index (χ0n) is 12.7. The van der Waals surface area contributed by atoms with Crippen LogP contribution in [0.3, 0.4) is 0 Å². The molecule has 0 saturated carbocycles. The lowest BCUT2D eigenvalue weighted by Crippen LogP contribution is -2.36. The number of benzene rings is 1. The van der Waals surface area contributed by atoms with Crippen molar-refractivity contribution >= 4 is 33.6 Å². The lowest BCUT2D eigenvalue weighted by atomic mass is 10.2. The molecule has 23 heavy (non-hydrogen) atoms. The molecule has 0 spiro atoms. The van der Waals surface area contributed by atoms with Gasteiger partial charge >= 0.3 is 12.0 Å². The maximum atomic E-state index is 12.1. The molecule has 1 aromatic carbocycles. The Hall–Kier alpha value is -2.35. The number of urea groups is 1. The number of carboxylic acids is 1. The van der Waals surface area contributed by atoms with Crippen LogP contribution in [0.15, 0.2) is 41.1 Å². The zero-order chi connectivity index (χ0) is 17.0. The number of carbonyl (C=O) groups excluding carboxylic acids is 1.